The molecule has 0 saturated carbocycles. The highest BCUT2D eigenvalue weighted by Gasteiger charge is 2.01. The second-order valence-electron chi connectivity index (χ2n) is 3.65. The van der Waals surface area contributed by atoms with E-state index in [1.165, 1.54) is 0 Å². The smallest absolute Gasteiger partial charge is 0.119 e. The van der Waals surface area contributed by atoms with Gasteiger partial charge >= 0.3 is 0 Å². The van der Waals surface area contributed by atoms with Gasteiger partial charge in [-0.15, -0.1) is 0 Å². The molecule has 1 aromatic rings. The van der Waals surface area contributed by atoms with Crippen molar-refractivity contribution >= 4 is 0 Å². The molecule has 0 amide bonds. The molecule has 0 spiro atoms. The van der Waals surface area contributed by atoms with Crippen molar-refractivity contribution in [3.05, 3.63) is 29.8 Å². The van der Waals surface area contributed by atoms with E-state index in [2.05, 4.69) is 0 Å². The first-order chi connectivity index (χ1) is 7.74. The van der Waals surface area contributed by atoms with E-state index in [-0.39, 0.29) is 0 Å². The summed E-state index contributed by atoms with van der Waals surface area (Å²) in [6, 6.07) is 7.54. The van der Waals surface area contributed by atoms with Crippen LogP contribution in [0.5, 0.6) is 5.75 Å². The summed E-state index contributed by atoms with van der Waals surface area (Å²) >= 11 is 0. The highest BCUT2D eigenvalue weighted by Crippen LogP contribution is 2.18. The summed E-state index contributed by atoms with van der Waals surface area (Å²) in [5.41, 5.74) is 0.877. The molecule has 0 aromatic heterocycles. The lowest BCUT2D eigenvalue weighted by molar-refractivity contribution is 0.130. The first-order valence-corrected chi connectivity index (χ1v) is 5.72. The van der Waals surface area contributed by atoms with E-state index in [0.717, 1.165) is 30.9 Å². The highest BCUT2D eigenvalue weighted by molar-refractivity contribution is 5.29. The summed E-state index contributed by atoms with van der Waals surface area (Å²) in [7, 11) is 0. The standard InChI is InChI=1S/C13H20O3/c1-3-15-8-5-9-16-13-7-4-6-12(10-13)11(2)14/h4,6-7,10-11,14H,3,5,8-9H2,1-2H3/t11-/m0/s1. The van der Waals surface area contributed by atoms with Gasteiger partial charge in [0.15, 0.2) is 0 Å². The minimum atomic E-state index is -0.452. The van der Waals surface area contributed by atoms with Crippen molar-refractivity contribution in [1.29, 1.82) is 0 Å². The van der Waals surface area contributed by atoms with E-state index < -0.39 is 6.10 Å². The van der Waals surface area contributed by atoms with Gasteiger partial charge in [-0.1, -0.05) is 12.1 Å². The third kappa shape index (κ3) is 4.64. The summed E-state index contributed by atoms with van der Waals surface area (Å²) < 4.78 is 10.8. The lowest BCUT2D eigenvalue weighted by atomic mass is 10.1. The molecule has 16 heavy (non-hydrogen) atoms. The monoisotopic (exact) mass is 224 g/mol. The van der Waals surface area contributed by atoms with Crippen LogP contribution in [0.3, 0.4) is 0 Å². The zero-order valence-corrected chi connectivity index (χ0v) is 9.98. The van der Waals surface area contributed by atoms with Gasteiger partial charge in [0.25, 0.3) is 0 Å². The summed E-state index contributed by atoms with van der Waals surface area (Å²) in [5, 5.41) is 9.41. The van der Waals surface area contributed by atoms with E-state index in [9.17, 15) is 5.11 Å². The summed E-state index contributed by atoms with van der Waals surface area (Å²) in [4.78, 5) is 0. The predicted octanol–water partition coefficient (Wildman–Crippen LogP) is 2.55. The van der Waals surface area contributed by atoms with Crippen LogP contribution in [0, 0.1) is 0 Å². The van der Waals surface area contributed by atoms with Crippen molar-refractivity contribution in [1.82, 2.24) is 0 Å². The maximum atomic E-state index is 9.41. The molecule has 1 rings (SSSR count). The van der Waals surface area contributed by atoms with Gasteiger partial charge in [-0.2, -0.15) is 0 Å². The Morgan fingerprint density at radius 2 is 2.12 bits per heavy atom. The number of hydrogen-bond acceptors (Lipinski definition) is 3. The molecular weight excluding hydrogens is 204 g/mol. The minimum absolute atomic E-state index is 0.452. The van der Waals surface area contributed by atoms with Crippen LogP contribution in [0.2, 0.25) is 0 Å². The second kappa shape index (κ2) is 7.25. The van der Waals surface area contributed by atoms with Crippen molar-refractivity contribution in [2.45, 2.75) is 26.4 Å². The fourth-order valence-electron chi connectivity index (χ4n) is 1.36. The molecule has 90 valence electrons. The first-order valence-electron chi connectivity index (χ1n) is 5.72. The molecule has 0 heterocycles. The largest absolute Gasteiger partial charge is 0.493 e. The number of aliphatic hydroxyl groups excluding tert-OH is 1. The Balaban J connectivity index is 2.33. The zero-order valence-electron chi connectivity index (χ0n) is 9.98. The molecule has 0 aliphatic heterocycles. The van der Waals surface area contributed by atoms with E-state index in [0.29, 0.717) is 6.61 Å². The molecule has 0 fully saturated rings. The van der Waals surface area contributed by atoms with Gasteiger partial charge in [-0.05, 0) is 31.5 Å². The number of benzene rings is 1. The van der Waals surface area contributed by atoms with Crippen LogP contribution < -0.4 is 4.74 Å². The van der Waals surface area contributed by atoms with Crippen molar-refractivity contribution in [2.75, 3.05) is 19.8 Å². The molecule has 0 bridgehead atoms. The number of ether oxygens (including phenoxy) is 2. The lowest BCUT2D eigenvalue weighted by Gasteiger charge is -2.09. The average Bonchev–Trinajstić information content (AvgIpc) is 2.29. The summed E-state index contributed by atoms with van der Waals surface area (Å²) in [6.07, 6.45) is 0.430. The van der Waals surface area contributed by atoms with Gasteiger partial charge in [-0.3, -0.25) is 0 Å². The molecule has 1 aromatic carbocycles. The van der Waals surface area contributed by atoms with Crippen molar-refractivity contribution in [2.24, 2.45) is 0 Å². The highest BCUT2D eigenvalue weighted by atomic mass is 16.5. The van der Waals surface area contributed by atoms with Crippen molar-refractivity contribution < 1.29 is 14.6 Å². The molecular formula is C13H20O3. The predicted molar refractivity (Wildman–Crippen MR) is 63.7 cm³/mol. The van der Waals surface area contributed by atoms with Crippen LogP contribution in [0.25, 0.3) is 0 Å². The van der Waals surface area contributed by atoms with Gasteiger partial charge < -0.3 is 14.6 Å². The first kappa shape index (κ1) is 13.0. The Bertz CT molecular complexity index is 297. The van der Waals surface area contributed by atoms with E-state index in [4.69, 9.17) is 9.47 Å². The van der Waals surface area contributed by atoms with Crippen LogP contribution in [0.15, 0.2) is 24.3 Å². The quantitative estimate of drug-likeness (QED) is 0.723. The van der Waals surface area contributed by atoms with E-state index in [1.807, 2.05) is 31.2 Å². The van der Waals surface area contributed by atoms with Crippen LogP contribution in [-0.4, -0.2) is 24.9 Å². The number of aliphatic hydroxyl groups is 1. The van der Waals surface area contributed by atoms with Gasteiger partial charge in [0, 0.05) is 19.6 Å². The van der Waals surface area contributed by atoms with Crippen LogP contribution >= 0.6 is 0 Å². The SMILES string of the molecule is CCOCCCOc1cccc([C@H](C)O)c1. The molecule has 0 unspecified atom stereocenters. The van der Waals surface area contributed by atoms with Gasteiger partial charge in [0.1, 0.15) is 5.75 Å². The Hall–Kier alpha value is -1.06. The Morgan fingerprint density at radius 1 is 1.31 bits per heavy atom. The Kier molecular flexibility index (Phi) is 5.90. The summed E-state index contributed by atoms with van der Waals surface area (Å²) in [5.74, 6) is 0.801. The maximum Gasteiger partial charge on any atom is 0.119 e. The Morgan fingerprint density at radius 3 is 2.81 bits per heavy atom. The number of hydrogen-bond donors (Lipinski definition) is 1. The van der Waals surface area contributed by atoms with Crippen LogP contribution in [0.4, 0.5) is 0 Å². The minimum Gasteiger partial charge on any atom is -0.493 e. The van der Waals surface area contributed by atoms with E-state index in [1.54, 1.807) is 6.92 Å². The third-order valence-electron chi connectivity index (χ3n) is 2.25. The van der Waals surface area contributed by atoms with Gasteiger partial charge in [0.05, 0.1) is 12.7 Å². The third-order valence-corrected chi connectivity index (χ3v) is 2.25. The molecule has 3 heteroatoms. The molecule has 0 aliphatic rings. The molecule has 0 aliphatic carbocycles. The van der Waals surface area contributed by atoms with Gasteiger partial charge in [-0.25, -0.2) is 0 Å². The molecule has 0 radical (unpaired) electrons. The van der Waals surface area contributed by atoms with E-state index >= 15 is 0 Å². The molecule has 1 atom stereocenters. The van der Waals surface area contributed by atoms with Crippen LogP contribution in [0.1, 0.15) is 31.9 Å². The summed E-state index contributed by atoms with van der Waals surface area (Å²) in [6.45, 7) is 5.84. The normalized spacial score (nSPS) is 12.4. The van der Waals surface area contributed by atoms with Crippen molar-refractivity contribution in [3.8, 4) is 5.75 Å². The maximum absolute atomic E-state index is 9.41. The average molecular weight is 224 g/mol. The molecule has 1 N–H and O–H groups in total. The number of rotatable bonds is 7. The van der Waals surface area contributed by atoms with Crippen molar-refractivity contribution in [3.63, 3.8) is 0 Å². The topological polar surface area (TPSA) is 38.7 Å². The Labute approximate surface area is 97.0 Å². The fourth-order valence-corrected chi connectivity index (χ4v) is 1.36. The zero-order chi connectivity index (χ0) is 11.8. The second-order valence-corrected chi connectivity index (χ2v) is 3.65. The molecule has 0 saturated heterocycles. The van der Waals surface area contributed by atoms with Gasteiger partial charge in [0.2, 0.25) is 0 Å². The van der Waals surface area contributed by atoms with Crippen LogP contribution in [-0.2, 0) is 4.74 Å². The molecule has 3 nitrogen and oxygen atoms in total. The fraction of sp³-hybridized carbons (Fsp3) is 0.538. The lowest BCUT2D eigenvalue weighted by Crippen LogP contribution is -2.03.